The van der Waals surface area contributed by atoms with E-state index in [0.717, 1.165) is 56.8 Å². The molecule has 0 aromatic carbocycles. The Morgan fingerprint density at radius 2 is 1.88 bits per heavy atom. The molecule has 2 aromatic rings. The van der Waals surface area contributed by atoms with Crippen LogP contribution in [0.25, 0.3) is 11.0 Å². The van der Waals surface area contributed by atoms with Crippen molar-refractivity contribution in [3.05, 3.63) is 22.6 Å². The first-order valence-electron chi connectivity index (χ1n) is 9.24. The van der Waals surface area contributed by atoms with Gasteiger partial charge < -0.3 is 16.2 Å². The van der Waals surface area contributed by atoms with E-state index in [-0.39, 0.29) is 23.7 Å². The molecule has 0 atom stereocenters. The maximum atomic E-state index is 12.6. The van der Waals surface area contributed by atoms with E-state index in [1.54, 1.807) is 10.8 Å². The molecule has 7 nitrogen and oxygen atoms in total. The Kier molecular flexibility index (Phi) is 4.33. The van der Waals surface area contributed by atoms with Crippen LogP contribution < -0.4 is 16.6 Å². The Labute approximate surface area is 146 Å². The van der Waals surface area contributed by atoms with Gasteiger partial charge in [-0.1, -0.05) is 12.8 Å². The van der Waals surface area contributed by atoms with Gasteiger partial charge in [0.2, 0.25) is 5.95 Å². The molecule has 4 N–H and O–H groups in total. The van der Waals surface area contributed by atoms with Crippen molar-refractivity contribution >= 4 is 22.7 Å². The van der Waals surface area contributed by atoms with Gasteiger partial charge in [-0.15, -0.1) is 0 Å². The smallest absolute Gasteiger partial charge is 0.254 e. The highest BCUT2D eigenvalue weighted by molar-refractivity contribution is 5.87. The van der Waals surface area contributed by atoms with Gasteiger partial charge in [0.25, 0.3) is 5.56 Å². The number of hydrogen-bond donors (Lipinski definition) is 3. The van der Waals surface area contributed by atoms with Gasteiger partial charge in [-0.25, -0.2) is 4.98 Å². The van der Waals surface area contributed by atoms with Gasteiger partial charge in [0.1, 0.15) is 0 Å². The minimum atomic E-state index is -0.192. The molecule has 2 saturated carbocycles. The largest absolute Gasteiger partial charge is 0.398 e. The van der Waals surface area contributed by atoms with Gasteiger partial charge in [-0.05, 0) is 38.5 Å². The number of anilines is 2. The molecule has 0 unspecified atom stereocenters. The van der Waals surface area contributed by atoms with Gasteiger partial charge in [0.05, 0.1) is 11.5 Å². The van der Waals surface area contributed by atoms with Crippen LogP contribution in [0.3, 0.4) is 0 Å². The van der Waals surface area contributed by atoms with Crippen LogP contribution in [0.1, 0.15) is 57.4 Å². The quantitative estimate of drug-likeness (QED) is 0.789. The normalized spacial score (nSPS) is 24.7. The average molecular weight is 343 g/mol. The Hall–Kier alpha value is -2.15. The summed E-state index contributed by atoms with van der Waals surface area (Å²) in [6.07, 6.45) is 9.20. The average Bonchev–Trinajstić information content (AvgIpc) is 3.11. The van der Waals surface area contributed by atoms with Crippen LogP contribution in [-0.2, 0) is 0 Å². The van der Waals surface area contributed by atoms with Gasteiger partial charge in [0.15, 0.2) is 5.65 Å². The first-order valence-corrected chi connectivity index (χ1v) is 9.24. The molecule has 25 heavy (non-hydrogen) atoms. The van der Waals surface area contributed by atoms with Crippen LogP contribution in [0.15, 0.2) is 17.1 Å². The van der Waals surface area contributed by atoms with Crippen LogP contribution in [0, 0.1) is 0 Å². The van der Waals surface area contributed by atoms with Crippen molar-refractivity contribution in [3.63, 3.8) is 0 Å². The summed E-state index contributed by atoms with van der Waals surface area (Å²) in [5.74, 6) is 0.533. The van der Waals surface area contributed by atoms with E-state index in [4.69, 9.17) is 5.73 Å². The molecule has 2 fully saturated rings. The predicted molar refractivity (Wildman–Crippen MR) is 97.6 cm³/mol. The summed E-state index contributed by atoms with van der Waals surface area (Å²) >= 11 is 0. The monoisotopic (exact) mass is 343 g/mol. The topological polar surface area (TPSA) is 106 Å². The van der Waals surface area contributed by atoms with Gasteiger partial charge in [-0.2, -0.15) is 4.98 Å². The summed E-state index contributed by atoms with van der Waals surface area (Å²) in [6, 6.07) is 1.94. The predicted octanol–water partition coefficient (Wildman–Crippen LogP) is 2.20. The fourth-order valence-corrected chi connectivity index (χ4v) is 4.13. The third-order valence-corrected chi connectivity index (χ3v) is 5.54. The lowest BCUT2D eigenvalue weighted by Crippen LogP contribution is -2.29. The third-order valence-electron chi connectivity index (χ3n) is 5.54. The van der Waals surface area contributed by atoms with Crippen molar-refractivity contribution < 1.29 is 5.11 Å². The first kappa shape index (κ1) is 16.3. The van der Waals surface area contributed by atoms with Crippen molar-refractivity contribution in [1.29, 1.82) is 0 Å². The van der Waals surface area contributed by atoms with Crippen molar-refractivity contribution in [2.75, 3.05) is 11.1 Å². The second-order valence-corrected chi connectivity index (χ2v) is 7.33. The number of nitrogens with zero attached hydrogens (tertiary/aromatic N) is 3. The van der Waals surface area contributed by atoms with E-state index in [2.05, 4.69) is 15.3 Å². The molecule has 0 amide bonds. The molecule has 0 saturated heterocycles. The number of nitrogen functional groups attached to an aromatic ring is 1. The molecular formula is C18H25N5O2. The Morgan fingerprint density at radius 1 is 1.16 bits per heavy atom. The summed E-state index contributed by atoms with van der Waals surface area (Å²) in [4.78, 5) is 21.6. The second kappa shape index (κ2) is 6.63. The molecule has 0 aliphatic heterocycles. The zero-order chi connectivity index (χ0) is 17.4. The standard InChI is InChI=1S/C18H25N5O2/c19-15-9-16(25)23(12-3-1-2-4-12)17-14(15)10-20-18(22-17)21-11-5-7-13(24)8-6-11/h9-13,24H,1-8,19H2,(H,20,21,22). The van der Waals surface area contributed by atoms with E-state index >= 15 is 0 Å². The van der Waals surface area contributed by atoms with E-state index in [0.29, 0.717) is 17.3 Å². The van der Waals surface area contributed by atoms with Crippen LogP contribution >= 0.6 is 0 Å². The van der Waals surface area contributed by atoms with Crippen LogP contribution in [0.2, 0.25) is 0 Å². The zero-order valence-electron chi connectivity index (χ0n) is 14.3. The number of aliphatic hydroxyl groups excluding tert-OH is 1. The highest BCUT2D eigenvalue weighted by Gasteiger charge is 2.23. The van der Waals surface area contributed by atoms with Gasteiger partial charge in [0, 0.05) is 30.0 Å². The molecule has 2 aliphatic carbocycles. The zero-order valence-corrected chi connectivity index (χ0v) is 14.3. The van der Waals surface area contributed by atoms with Crippen LogP contribution in [0.5, 0.6) is 0 Å². The van der Waals surface area contributed by atoms with Crippen molar-refractivity contribution in [3.8, 4) is 0 Å². The molecule has 0 radical (unpaired) electrons. The molecular weight excluding hydrogens is 318 g/mol. The minimum absolute atomic E-state index is 0.0812. The third kappa shape index (κ3) is 3.20. The number of pyridine rings is 1. The minimum Gasteiger partial charge on any atom is -0.398 e. The maximum absolute atomic E-state index is 12.6. The summed E-state index contributed by atoms with van der Waals surface area (Å²) in [5.41, 5.74) is 7.01. The number of aromatic nitrogens is 3. The fraction of sp³-hybridized carbons (Fsp3) is 0.611. The molecule has 2 aromatic heterocycles. The number of fused-ring (bicyclic) bond motifs is 1. The lowest BCUT2D eigenvalue weighted by Gasteiger charge is -2.26. The number of rotatable bonds is 3. The SMILES string of the molecule is Nc1cc(=O)n(C2CCCC2)c2nc(NC3CCC(O)CC3)ncc12. The maximum Gasteiger partial charge on any atom is 0.254 e. The Balaban J connectivity index is 1.70. The molecule has 2 heterocycles. The molecule has 4 rings (SSSR count). The Morgan fingerprint density at radius 3 is 2.60 bits per heavy atom. The summed E-state index contributed by atoms with van der Waals surface area (Å²) in [7, 11) is 0. The van der Waals surface area contributed by atoms with E-state index < -0.39 is 0 Å². The molecule has 134 valence electrons. The van der Waals surface area contributed by atoms with Crippen LogP contribution in [0.4, 0.5) is 11.6 Å². The molecule has 7 heteroatoms. The summed E-state index contributed by atoms with van der Waals surface area (Å²) < 4.78 is 1.80. The number of aliphatic hydroxyl groups is 1. The fourth-order valence-electron chi connectivity index (χ4n) is 4.13. The highest BCUT2D eigenvalue weighted by atomic mass is 16.3. The first-order chi connectivity index (χ1) is 12.1. The van der Waals surface area contributed by atoms with E-state index in [1.165, 1.54) is 6.07 Å². The number of nitrogens with two attached hydrogens (primary N) is 1. The van der Waals surface area contributed by atoms with Crippen molar-refractivity contribution in [1.82, 2.24) is 14.5 Å². The van der Waals surface area contributed by atoms with Crippen molar-refractivity contribution in [2.45, 2.75) is 69.6 Å². The van der Waals surface area contributed by atoms with E-state index in [1.807, 2.05) is 0 Å². The number of hydrogen-bond acceptors (Lipinski definition) is 6. The molecule has 2 aliphatic rings. The molecule has 0 bridgehead atoms. The Bertz CT molecular complexity index is 820. The number of nitrogens with one attached hydrogen (secondary N) is 1. The van der Waals surface area contributed by atoms with E-state index in [9.17, 15) is 9.90 Å². The van der Waals surface area contributed by atoms with Crippen LogP contribution in [-0.4, -0.2) is 31.8 Å². The summed E-state index contributed by atoms with van der Waals surface area (Å²) in [5, 5.41) is 13.7. The second-order valence-electron chi connectivity index (χ2n) is 7.33. The lowest BCUT2D eigenvalue weighted by atomic mass is 9.93. The highest BCUT2D eigenvalue weighted by Crippen LogP contribution is 2.31. The lowest BCUT2D eigenvalue weighted by molar-refractivity contribution is 0.126. The van der Waals surface area contributed by atoms with Crippen molar-refractivity contribution in [2.24, 2.45) is 0 Å². The van der Waals surface area contributed by atoms with Gasteiger partial charge in [-0.3, -0.25) is 9.36 Å². The van der Waals surface area contributed by atoms with Gasteiger partial charge >= 0.3 is 0 Å². The molecule has 0 spiro atoms. The summed E-state index contributed by atoms with van der Waals surface area (Å²) in [6.45, 7) is 0.